The van der Waals surface area contributed by atoms with Gasteiger partial charge in [0.1, 0.15) is 10.7 Å². The maximum atomic E-state index is 13.1. The van der Waals surface area contributed by atoms with E-state index in [9.17, 15) is 17.6 Å². The van der Waals surface area contributed by atoms with Crippen molar-refractivity contribution >= 4 is 33.3 Å². The minimum absolute atomic E-state index is 0.0296. The number of sulfonamides is 1. The van der Waals surface area contributed by atoms with Crippen molar-refractivity contribution in [1.82, 2.24) is 10.2 Å². The molecule has 112 valence electrons. The molecule has 2 aromatic rings. The van der Waals surface area contributed by atoms with Gasteiger partial charge in [-0.1, -0.05) is 11.6 Å². The summed E-state index contributed by atoms with van der Waals surface area (Å²) < 4.78 is 39.7. The maximum Gasteiger partial charge on any atom is 0.357 e. The highest BCUT2D eigenvalue weighted by atomic mass is 35.5. The van der Waals surface area contributed by atoms with Crippen LogP contribution in [0.25, 0.3) is 0 Å². The van der Waals surface area contributed by atoms with Crippen molar-refractivity contribution in [1.29, 1.82) is 0 Å². The van der Waals surface area contributed by atoms with E-state index in [2.05, 4.69) is 10.2 Å². The second kappa shape index (κ2) is 5.34. The number of nitrogens with one attached hydrogen (secondary N) is 2. The van der Waals surface area contributed by atoms with Crippen LogP contribution in [0.2, 0.25) is 5.02 Å². The topological polar surface area (TPSA) is 112 Å². The van der Waals surface area contributed by atoms with E-state index < -0.39 is 32.4 Å². The molecule has 1 aromatic heterocycles. The Kier molecular flexibility index (Phi) is 3.88. The third kappa shape index (κ3) is 2.98. The first-order valence-corrected chi connectivity index (χ1v) is 7.34. The first-order valence-electron chi connectivity index (χ1n) is 5.48. The van der Waals surface area contributed by atoms with Gasteiger partial charge in [0.25, 0.3) is 10.0 Å². The van der Waals surface area contributed by atoms with Crippen LogP contribution in [0.1, 0.15) is 16.2 Å². The summed E-state index contributed by atoms with van der Waals surface area (Å²) in [5.74, 6) is -2.20. The fourth-order valence-electron chi connectivity index (χ4n) is 1.66. The molecule has 3 N–H and O–H groups in total. The monoisotopic (exact) mass is 333 g/mol. The van der Waals surface area contributed by atoms with E-state index in [4.69, 9.17) is 16.7 Å². The number of carboxylic acid groups (broad SMARTS) is 1. The Hall–Kier alpha value is -2.13. The van der Waals surface area contributed by atoms with Crippen LogP contribution in [0.5, 0.6) is 0 Å². The van der Waals surface area contributed by atoms with Crippen molar-refractivity contribution in [2.24, 2.45) is 0 Å². The van der Waals surface area contributed by atoms with Crippen molar-refractivity contribution in [3.63, 3.8) is 0 Å². The fraction of sp³-hybridized carbons (Fsp3) is 0.0909. The highest BCUT2D eigenvalue weighted by Gasteiger charge is 2.28. The summed E-state index contributed by atoms with van der Waals surface area (Å²) in [7, 11) is -4.29. The first-order chi connectivity index (χ1) is 9.72. The molecular formula is C11H9ClFN3O4S. The number of aryl methyl sites for hydroxylation is 1. The minimum atomic E-state index is -4.29. The van der Waals surface area contributed by atoms with Crippen LogP contribution in [0.3, 0.4) is 0 Å². The third-order valence-corrected chi connectivity index (χ3v) is 4.39. The van der Waals surface area contributed by atoms with Gasteiger partial charge in [0.2, 0.25) is 0 Å². The number of hydrogen-bond acceptors (Lipinski definition) is 4. The predicted octanol–water partition coefficient (Wildman–Crippen LogP) is 2.01. The molecule has 0 atom stereocenters. The van der Waals surface area contributed by atoms with Gasteiger partial charge in [-0.3, -0.25) is 9.82 Å². The number of aromatic amines is 1. The van der Waals surface area contributed by atoms with Crippen molar-refractivity contribution < 1.29 is 22.7 Å². The van der Waals surface area contributed by atoms with E-state index in [-0.39, 0.29) is 16.4 Å². The summed E-state index contributed by atoms with van der Waals surface area (Å²) in [4.78, 5) is 10.5. The van der Waals surface area contributed by atoms with E-state index in [0.29, 0.717) is 0 Å². The van der Waals surface area contributed by atoms with Gasteiger partial charge in [0.15, 0.2) is 5.69 Å². The molecule has 2 rings (SSSR count). The molecule has 0 saturated heterocycles. The molecule has 0 aliphatic rings. The molecule has 1 aromatic carbocycles. The number of aromatic nitrogens is 2. The molecule has 0 saturated carbocycles. The molecule has 0 radical (unpaired) electrons. The quantitative estimate of drug-likeness (QED) is 0.792. The molecule has 1 heterocycles. The molecule has 21 heavy (non-hydrogen) atoms. The summed E-state index contributed by atoms with van der Waals surface area (Å²) in [6.07, 6.45) is 0. The van der Waals surface area contributed by atoms with Crippen LogP contribution < -0.4 is 4.72 Å². The van der Waals surface area contributed by atoms with E-state index in [1.54, 1.807) is 0 Å². The minimum Gasteiger partial charge on any atom is -0.476 e. The largest absolute Gasteiger partial charge is 0.476 e. The van der Waals surface area contributed by atoms with E-state index in [1.807, 2.05) is 4.72 Å². The number of halogens is 2. The zero-order valence-corrected chi connectivity index (χ0v) is 12.1. The molecule has 0 fully saturated rings. The van der Waals surface area contributed by atoms with Crippen LogP contribution in [0, 0.1) is 12.7 Å². The Morgan fingerprint density at radius 1 is 1.48 bits per heavy atom. The van der Waals surface area contributed by atoms with Gasteiger partial charge in [-0.25, -0.2) is 17.6 Å². The van der Waals surface area contributed by atoms with Gasteiger partial charge in [0.05, 0.1) is 16.4 Å². The summed E-state index contributed by atoms with van der Waals surface area (Å²) in [5, 5.41) is 14.6. The summed E-state index contributed by atoms with van der Waals surface area (Å²) >= 11 is 5.77. The van der Waals surface area contributed by atoms with Gasteiger partial charge in [-0.05, 0) is 25.1 Å². The van der Waals surface area contributed by atoms with E-state index in [0.717, 1.165) is 12.1 Å². The molecule has 7 nitrogen and oxygen atoms in total. The summed E-state index contributed by atoms with van der Waals surface area (Å²) in [6.45, 7) is 1.35. The molecule has 0 bridgehead atoms. The molecule has 0 unspecified atom stereocenters. The number of H-pyrrole nitrogens is 1. The lowest BCUT2D eigenvalue weighted by Gasteiger charge is -2.09. The highest BCUT2D eigenvalue weighted by Crippen LogP contribution is 2.27. The SMILES string of the molecule is Cc1[nH]nc(C(=O)O)c1S(=O)(=O)Nc1cc(F)ccc1Cl. The second-order valence-electron chi connectivity index (χ2n) is 4.06. The van der Waals surface area contributed by atoms with Gasteiger partial charge >= 0.3 is 5.97 Å². The van der Waals surface area contributed by atoms with Crippen molar-refractivity contribution in [3.05, 3.63) is 40.4 Å². The Bertz CT molecular complexity index is 819. The Labute approximate surface area is 123 Å². The number of benzene rings is 1. The van der Waals surface area contributed by atoms with Crippen molar-refractivity contribution in [2.75, 3.05) is 4.72 Å². The smallest absolute Gasteiger partial charge is 0.357 e. The summed E-state index contributed by atoms with van der Waals surface area (Å²) in [6, 6.07) is 3.12. The van der Waals surface area contributed by atoms with E-state index >= 15 is 0 Å². The Balaban J connectivity index is 2.51. The fourth-order valence-corrected chi connectivity index (χ4v) is 3.28. The summed E-state index contributed by atoms with van der Waals surface area (Å²) in [5.41, 5.74) is -0.825. The number of hydrogen-bond donors (Lipinski definition) is 3. The lowest BCUT2D eigenvalue weighted by Crippen LogP contribution is -2.17. The molecule has 10 heteroatoms. The highest BCUT2D eigenvalue weighted by molar-refractivity contribution is 7.92. The molecule has 0 spiro atoms. The molecular weight excluding hydrogens is 325 g/mol. The number of aromatic carboxylic acids is 1. The Morgan fingerprint density at radius 3 is 2.76 bits per heavy atom. The zero-order valence-electron chi connectivity index (χ0n) is 10.5. The average Bonchev–Trinajstić information content (AvgIpc) is 2.76. The lowest BCUT2D eigenvalue weighted by atomic mass is 10.3. The zero-order chi connectivity index (χ0) is 15.8. The normalized spacial score (nSPS) is 11.4. The Morgan fingerprint density at radius 2 is 2.14 bits per heavy atom. The number of rotatable bonds is 4. The standard InChI is InChI=1S/C11H9ClFN3O4S/c1-5-10(9(11(17)18)15-14-5)21(19,20)16-8-4-6(13)2-3-7(8)12/h2-4,16H,1H3,(H,14,15)(H,17,18). The van der Waals surface area contributed by atoms with Gasteiger partial charge in [-0.15, -0.1) is 0 Å². The van der Waals surface area contributed by atoms with Crippen LogP contribution in [-0.4, -0.2) is 29.7 Å². The van der Waals surface area contributed by atoms with Crippen LogP contribution in [0.4, 0.5) is 10.1 Å². The first kappa shape index (κ1) is 15.3. The van der Waals surface area contributed by atoms with Crippen LogP contribution in [-0.2, 0) is 10.0 Å². The molecule has 0 aliphatic carbocycles. The average molecular weight is 334 g/mol. The van der Waals surface area contributed by atoms with E-state index in [1.165, 1.54) is 13.0 Å². The van der Waals surface area contributed by atoms with Crippen molar-refractivity contribution in [2.45, 2.75) is 11.8 Å². The van der Waals surface area contributed by atoms with Gasteiger partial charge < -0.3 is 5.11 Å². The van der Waals surface area contributed by atoms with Gasteiger partial charge in [0, 0.05) is 0 Å². The molecule has 0 amide bonds. The number of nitrogens with zero attached hydrogens (tertiary/aromatic N) is 1. The predicted molar refractivity (Wildman–Crippen MR) is 72.5 cm³/mol. The number of anilines is 1. The number of carboxylic acids is 1. The van der Waals surface area contributed by atoms with Crippen LogP contribution >= 0.6 is 11.6 Å². The van der Waals surface area contributed by atoms with Crippen molar-refractivity contribution in [3.8, 4) is 0 Å². The number of carbonyl (C=O) groups is 1. The lowest BCUT2D eigenvalue weighted by molar-refractivity contribution is 0.0686. The maximum absolute atomic E-state index is 13.1. The second-order valence-corrected chi connectivity index (χ2v) is 6.09. The van der Waals surface area contributed by atoms with Gasteiger partial charge in [-0.2, -0.15) is 5.10 Å². The molecule has 0 aliphatic heterocycles. The van der Waals surface area contributed by atoms with Crippen LogP contribution in [0.15, 0.2) is 23.1 Å². The third-order valence-electron chi connectivity index (χ3n) is 2.54.